The fourth-order valence-electron chi connectivity index (χ4n) is 10.1. The van der Waals surface area contributed by atoms with Gasteiger partial charge in [-0.2, -0.15) is 0 Å². The van der Waals surface area contributed by atoms with E-state index in [0.717, 1.165) is 103 Å². The maximum atomic E-state index is 12.9. The predicted molar refractivity (Wildman–Crippen MR) is 357 cm³/mol. The van der Waals surface area contributed by atoms with Crippen molar-refractivity contribution in [1.82, 2.24) is 0 Å². The summed E-state index contributed by atoms with van der Waals surface area (Å²) in [5, 5.41) is 0. The van der Waals surface area contributed by atoms with E-state index >= 15 is 0 Å². The van der Waals surface area contributed by atoms with E-state index in [4.69, 9.17) is 14.2 Å². The van der Waals surface area contributed by atoms with Gasteiger partial charge in [-0.05, 0) is 103 Å². The first-order valence-electron chi connectivity index (χ1n) is 35.2. The van der Waals surface area contributed by atoms with Crippen molar-refractivity contribution >= 4 is 17.9 Å². The molecule has 0 radical (unpaired) electrons. The summed E-state index contributed by atoms with van der Waals surface area (Å²) in [6.07, 6.45) is 94.7. The highest BCUT2D eigenvalue weighted by Crippen LogP contribution is 2.17. The molecule has 0 aliphatic heterocycles. The highest BCUT2D eigenvalue weighted by Gasteiger charge is 2.19. The molecule has 6 heteroatoms. The zero-order valence-electron chi connectivity index (χ0n) is 54.2. The van der Waals surface area contributed by atoms with Gasteiger partial charge in [0.15, 0.2) is 6.10 Å². The minimum Gasteiger partial charge on any atom is -0.462 e. The van der Waals surface area contributed by atoms with Crippen molar-refractivity contribution in [2.75, 3.05) is 13.2 Å². The number of allylic oxidation sites excluding steroid dienone is 16. The van der Waals surface area contributed by atoms with E-state index in [1.165, 1.54) is 205 Å². The van der Waals surface area contributed by atoms with Crippen LogP contribution < -0.4 is 0 Å². The van der Waals surface area contributed by atoms with Gasteiger partial charge in [0.2, 0.25) is 0 Å². The molecule has 0 aromatic rings. The van der Waals surface area contributed by atoms with Crippen molar-refractivity contribution in [2.45, 2.75) is 354 Å². The van der Waals surface area contributed by atoms with E-state index < -0.39 is 6.10 Å². The van der Waals surface area contributed by atoms with E-state index in [1.54, 1.807) is 0 Å². The Morgan fingerprint density at radius 3 is 0.744 bits per heavy atom. The van der Waals surface area contributed by atoms with E-state index in [1.807, 2.05) is 0 Å². The predicted octanol–water partition coefficient (Wildman–Crippen LogP) is 24.4. The van der Waals surface area contributed by atoms with Gasteiger partial charge in [-0.25, -0.2) is 0 Å². The number of carbonyl (C=O) groups excluding carboxylic acids is 3. The molecule has 0 aliphatic carbocycles. The summed E-state index contributed by atoms with van der Waals surface area (Å²) >= 11 is 0. The molecule has 0 aromatic heterocycles. The van der Waals surface area contributed by atoms with Gasteiger partial charge in [0, 0.05) is 19.3 Å². The van der Waals surface area contributed by atoms with Gasteiger partial charge in [0.25, 0.3) is 0 Å². The molecule has 0 rings (SSSR count). The number of hydrogen-bond acceptors (Lipinski definition) is 6. The summed E-state index contributed by atoms with van der Waals surface area (Å²) in [5.74, 6) is -0.872. The summed E-state index contributed by atoms with van der Waals surface area (Å²) in [4.78, 5) is 38.1. The van der Waals surface area contributed by atoms with E-state index in [0.29, 0.717) is 19.3 Å². The first-order valence-corrected chi connectivity index (χ1v) is 35.2. The van der Waals surface area contributed by atoms with Crippen LogP contribution in [0, 0.1) is 0 Å². The third-order valence-corrected chi connectivity index (χ3v) is 15.3. The van der Waals surface area contributed by atoms with Gasteiger partial charge >= 0.3 is 17.9 Å². The van der Waals surface area contributed by atoms with Crippen LogP contribution in [0.1, 0.15) is 348 Å². The zero-order chi connectivity index (χ0) is 59.2. The highest BCUT2D eigenvalue weighted by atomic mass is 16.6. The fraction of sp³-hybridized carbons (Fsp3) is 0.750. The Hall–Kier alpha value is -3.67. The normalized spacial score (nSPS) is 12.7. The molecule has 82 heavy (non-hydrogen) atoms. The van der Waals surface area contributed by atoms with Crippen LogP contribution in [0.5, 0.6) is 0 Å². The molecule has 0 saturated heterocycles. The van der Waals surface area contributed by atoms with Crippen molar-refractivity contribution < 1.29 is 28.6 Å². The quantitative estimate of drug-likeness (QED) is 0.0261. The van der Waals surface area contributed by atoms with E-state index in [-0.39, 0.29) is 31.1 Å². The van der Waals surface area contributed by atoms with Crippen LogP contribution in [0.25, 0.3) is 0 Å². The second-order valence-electron chi connectivity index (χ2n) is 23.4. The van der Waals surface area contributed by atoms with Gasteiger partial charge in [-0.15, -0.1) is 0 Å². The zero-order valence-corrected chi connectivity index (χ0v) is 54.2. The lowest BCUT2D eigenvalue weighted by Gasteiger charge is -2.18. The Bertz CT molecular complexity index is 1590. The van der Waals surface area contributed by atoms with Gasteiger partial charge in [0.1, 0.15) is 13.2 Å². The monoisotopic (exact) mass is 1140 g/mol. The average molecular weight is 1140 g/mol. The van der Waals surface area contributed by atoms with Crippen molar-refractivity contribution in [3.05, 3.63) is 97.2 Å². The second kappa shape index (κ2) is 69.8. The van der Waals surface area contributed by atoms with Crippen molar-refractivity contribution in [2.24, 2.45) is 0 Å². The van der Waals surface area contributed by atoms with Crippen LogP contribution in [-0.2, 0) is 28.6 Å². The first kappa shape index (κ1) is 78.3. The number of unbranched alkanes of at least 4 members (excludes halogenated alkanes) is 37. The third kappa shape index (κ3) is 67.1. The van der Waals surface area contributed by atoms with Crippen molar-refractivity contribution in [3.63, 3.8) is 0 Å². The van der Waals surface area contributed by atoms with Gasteiger partial charge in [-0.1, -0.05) is 323 Å². The van der Waals surface area contributed by atoms with Crippen LogP contribution in [0.15, 0.2) is 97.2 Å². The molecule has 0 bridgehead atoms. The molecular formula is C76H132O6. The molecule has 0 heterocycles. The summed E-state index contributed by atoms with van der Waals surface area (Å²) < 4.78 is 16.9. The Kier molecular flexibility index (Phi) is 66.7. The SMILES string of the molecule is CC/C=C\C/C=C\C/C=C\C/C=C\C/C=C\CCCCCCCCCCCCCCCC(=O)OCC(COC(=O)CCCCCCCC)OC(=O)CCCCCCCCCCCCCCCC/C=C\C/C=C\C/C=C\CCCCCCC. The second-order valence-corrected chi connectivity index (χ2v) is 23.4. The molecule has 0 fully saturated rings. The number of esters is 3. The largest absolute Gasteiger partial charge is 0.462 e. The van der Waals surface area contributed by atoms with Crippen LogP contribution in [0.2, 0.25) is 0 Å². The first-order chi connectivity index (χ1) is 40.5. The number of carbonyl (C=O) groups is 3. The molecule has 0 aromatic carbocycles. The lowest BCUT2D eigenvalue weighted by molar-refractivity contribution is -0.167. The number of ether oxygens (including phenoxy) is 3. The topological polar surface area (TPSA) is 78.9 Å². The van der Waals surface area contributed by atoms with Crippen LogP contribution in [-0.4, -0.2) is 37.2 Å². The highest BCUT2D eigenvalue weighted by molar-refractivity contribution is 5.71. The van der Waals surface area contributed by atoms with Gasteiger partial charge in [-0.3, -0.25) is 14.4 Å². The van der Waals surface area contributed by atoms with Crippen molar-refractivity contribution in [3.8, 4) is 0 Å². The lowest BCUT2D eigenvalue weighted by atomic mass is 10.0. The number of hydrogen-bond donors (Lipinski definition) is 0. The van der Waals surface area contributed by atoms with E-state index in [2.05, 4.69) is 118 Å². The Labute approximate surface area is 508 Å². The summed E-state index contributed by atoms with van der Waals surface area (Å²) in [7, 11) is 0. The number of rotatable bonds is 64. The summed E-state index contributed by atoms with van der Waals surface area (Å²) in [6, 6.07) is 0. The molecule has 0 amide bonds. The van der Waals surface area contributed by atoms with Gasteiger partial charge in [0.05, 0.1) is 0 Å². The Morgan fingerprint density at radius 1 is 0.256 bits per heavy atom. The van der Waals surface area contributed by atoms with Crippen LogP contribution >= 0.6 is 0 Å². The van der Waals surface area contributed by atoms with Crippen LogP contribution in [0.3, 0.4) is 0 Å². The smallest absolute Gasteiger partial charge is 0.306 e. The molecule has 1 atom stereocenters. The fourth-order valence-corrected chi connectivity index (χ4v) is 10.1. The molecular weight excluding hydrogens is 1010 g/mol. The molecule has 0 aliphatic rings. The average Bonchev–Trinajstić information content (AvgIpc) is 3.47. The standard InChI is InChI=1S/C76H132O6/c1-4-7-10-13-16-18-20-22-24-26-28-30-32-34-36-38-40-42-44-46-48-50-52-54-56-58-60-63-66-69-75(78)81-72-73(71-80-74(77)68-65-62-15-12-9-6-3)82-76(79)70-67-64-61-59-57-55-53-51-49-47-45-43-41-39-37-35-33-31-29-27-25-23-21-19-17-14-11-8-5-2/h7,10,16,18,21-24,27-30,33-36,73H,4-6,8-9,11-15,17,19-20,25-26,31-32,37-72H2,1-3H3/b10-7-,18-16-,23-21-,24-22-,29-27-,30-28-,35-33-,36-34-. The van der Waals surface area contributed by atoms with E-state index in [9.17, 15) is 14.4 Å². The van der Waals surface area contributed by atoms with Crippen LogP contribution in [0.4, 0.5) is 0 Å². The maximum Gasteiger partial charge on any atom is 0.306 e. The maximum absolute atomic E-state index is 12.9. The lowest BCUT2D eigenvalue weighted by Crippen LogP contribution is -2.30. The molecule has 0 spiro atoms. The Morgan fingerprint density at radius 2 is 0.476 bits per heavy atom. The molecule has 6 nitrogen and oxygen atoms in total. The molecule has 472 valence electrons. The minimum absolute atomic E-state index is 0.0749. The molecule has 1 unspecified atom stereocenters. The summed E-state index contributed by atoms with van der Waals surface area (Å²) in [6.45, 7) is 6.49. The third-order valence-electron chi connectivity index (χ3n) is 15.3. The minimum atomic E-state index is -0.775. The molecule has 0 saturated carbocycles. The molecule has 0 N–H and O–H groups in total. The summed E-state index contributed by atoms with van der Waals surface area (Å²) in [5.41, 5.74) is 0. The Balaban J connectivity index is 4.03. The van der Waals surface area contributed by atoms with Gasteiger partial charge < -0.3 is 14.2 Å². The van der Waals surface area contributed by atoms with Crippen molar-refractivity contribution in [1.29, 1.82) is 0 Å².